The summed E-state index contributed by atoms with van der Waals surface area (Å²) in [5.74, 6) is 0. The predicted molar refractivity (Wildman–Crippen MR) is 85.9 cm³/mol. The number of aryl methyl sites for hydroxylation is 1. The van der Waals surface area contributed by atoms with Crippen molar-refractivity contribution >= 4 is 28.1 Å². The van der Waals surface area contributed by atoms with Crippen LogP contribution in [0.25, 0.3) is 0 Å². The molecule has 2 rings (SSSR count). The van der Waals surface area contributed by atoms with Gasteiger partial charge in [0, 0.05) is 31.3 Å². The highest BCUT2D eigenvalue weighted by molar-refractivity contribution is 7.89. The summed E-state index contributed by atoms with van der Waals surface area (Å²) in [4.78, 5) is 10.3. The average molecular weight is 350 g/mol. The Morgan fingerprint density at radius 1 is 1.45 bits per heavy atom. The van der Waals surface area contributed by atoms with Gasteiger partial charge in [0.2, 0.25) is 10.0 Å². The Hall–Kier alpha value is -1.22. The van der Waals surface area contributed by atoms with Crippen LogP contribution in [0.15, 0.2) is 23.1 Å². The van der Waals surface area contributed by atoms with Crippen molar-refractivity contribution in [2.75, 3.05) is 20.1 Å². The lowest BCUT2D eigenvalue weighted by Crippen LogP contribution is -2.41. The molecule has 1 aliphatic rings. The van der Waals surface area contributed by atoms with Gasteiger partial charge in [0.05, 0.1) is 9.82 Å². The normalized spacial score (nSPS) is 18.9. The van der Waals surface area contributed by atoms with Gasteiger partial charge in [-0.25, -0.2) is 8.42 Å². The molecular formula is C13H20ClN3O4S. The smallest absolute Gasteiger partial charge is 0.270 e. The van der Waals surface area contributed by atoms with Crippen molar-refractivity contribution in [3.8, 4) is 0 Å². The van der Waals surface area contributed by atoms with E-state index in [9.17, 15) is 18.5 Å². The number of non-ortho nitro benzene ring substituents is 1. The van der Waals surface area contributed by atoms with Crippen LogP contribution in [0.3, 0.4) is 0 Å². The molecule has 9 heteroatoms. The van der Waals surface area contributed by atoms with Gasteiger partial charge in [0.15, 0.2) is 0 Å². The van der Waals surface area contributed by atoms with E-state index >= 15 is 0 Å². The third-order valence-corrected chi connectivity index (χ3v) is 5.83. The Morgan fingerprint density at radius 3 is 2.73 bits per heavy atom. The molecule has 1 aromatic carbocycles. The summed E-state index contributed by atoms with van der Waals surface area (Å²) >= 11 is 0. The zero-order valence-electron chi connectivity index (χ0n) is 12.5. The minimum Gasteiger partial charge on any atom is -0.318 e. The summed E-state index contributed by atoms with van der Waals surface area (Å²) in [5, 5.41) is 13.9. The number of sulfonamides is 1. The van der Waals surface area contributed by atoms with Crippen LogP contribution in [0.1, 0.15) is 18.4 Å². The maximum Gasteiger partial charge on any atom is 0.270 e. The van der Waals surface area contributed by atoms with Crippen molar-refractivity contribution in [2.24, 2.45) is 0 Å². The first kappa shape index (κ1) is 18.8. The Balaban J connectivity index is 0.00000242. The molecule has 1 atom stereocenters. The minimum atomic E-state index is -3.71. The van der Waals surface area contributed by atoms with Gasteiger partial charge in [0.1, 0.15) is 0 Å². The highest BCUT2D eigenvalue weighted by Gasteiger charge is 2.36. The van der Waals surface area contributed by atoms with E-state index in [1.54, 1.807) is 14.0 Å². The quantitative estimate of drug-likeness (QED) is 0.645. The summed E-state index contributed by atoms with van der Waals surface area (Å²) in [6.45, 7) is 2.68. The Labute approximate surface area is 136 Å². The van der Waals surface area contributed by atoms with Crippen molar-refractivity contribution < 1.29 is 13.3 Å². The van der Waals surface area contributed by atoms with Crippen LogP contribution in [-0.2, 0) is 10.0 Å². The van der Waals surface area contributed by atoms with Crippen molar-refractivity contribution in [3.05, 3.63) is 33.9 Å². The molecule has 22 heavy (non-hydrogen) atoms. The second-order valence-corrected chi connectivity index (χ2v) is 7.04. The number of rotatable bonds is 5. The molecule has 1 saturated heterocycles. The van der Waals surface area contributed by atoms with Crippen molar-refractivity contribution in [3.63, 3.8) is 0 Å². The largest absolute Gasteiger partial charge is 0.318 e. The van der Waals surface area contributed by atoms with Crippen molar-refractivity contribution in [2.45, 2.75) is 30.7 Å². The number of nitro benzene ring substituents is 1. The molecule has 0 bridgehead atoms. The molecule has 124 valence electrons. The Morgan fingerprint density at radius 2 is 2.14 bits per heavy atom. The van der Waals surface area contributed by atoms with E-state index in [2.05, 4.69) is 5.32 Å². The molecule has 0 saturated carbocycles. The maximum absolute atomic E-state index is 12.8. The third kappa shape index (κ3) is 3.57. The summed E-state index contributed by atoms with van der Waals surface area (Å²) in [6.07, 6.45) is 1.60. The Bertz CT molecular complexity index is 651. The van der Waals surface area contributed by atoms with Gasteiger partial charge in [-0.05, 0) is 32.4 Å². The Kier molecular flexibility index (Phi) is 6.30. The maximum atomic E-state index is 12.8. The van der Waals surface area contributed by atoms with E-state index in [0.29, 0.717) is 18.7 Å². The predicted octanol–water partition coefficient (Wildman–Crippen LogP) is 1.70. The molecular weight excluding hydrogens is 330 g/mol. The molecule has 1 unspecified atom stereocenters. The lowest BCUT2D eigenvalue weighted by Gasteiger charge is -2.24. The first-order valence-electron chi connectivity index (χ1n) is 6.79. The van der Waals surface area contributed by atoms with Gasteiger partial charge in [-0.15, -0.1) is 12.4 Å². The lowest BCUT2D eigenvalue weighted by atomic mass is 10.2. The molecule has 1 aromatic rings. The van der Waals surface area contributed by atoms with E-state index in [4.69, 9.17) is 0 Å². The number of halogens is 1. The van der Waals surface area contributed by atoms with Crippen LogP contribution in [0, 0.1) is 17.0 Å². The van der Waals surface area contributed by atoms with Crippen LogP contribution in [0.5, 0.6) is 0 Å². The number of likely N-dealkylation sites (N-methyl/N-ethyl adjacent to an activating group) is 1. The second kappa shape index (κ2) is 7.36. The molecule has 0 radical (unpaired) electrons. The summed E-state index contributed by atoms with van der Waals surface area (Å²) < 4.78 is 27.0. The summed E-state index contributed by atoms with van der Waals surface area (Å²) in [6, 6.07) is 3.86. The molecule has 0 aromatic heterocycles. The number of nitrogens with one attached hydrogen (secondary N) is 1. The highest BCUT2D eigenvalue weighted by atomic mass is 35.5. The summed E-state index contributed by atoms with van der Waals surface area (Å²) in [7, 11) is -1.93. The van der Waals surface area contributed by atoms with E-state index in [-0.39, 0.29) is 29.0 Å². The zero-order chi connectivity index (χ0) is 15.6. The first-order chi connectivity index (χ1) is 9.87. The lowest BCUT2D eigenvalue weighted by molar-refractivity contribution is -0.385. The van der Waals surface area contributed by atoms with Crippen LogP contribution in [-0.4, -0.2) is 43.8 Å². The van der Waals surface area contributed by atoms with Gasteiger partial charge in [-0.1, -0.05) is 6.07 Å². The molecule has 0 amide bonds. The van der Waals surface area contributed by atoms with Crippen LogP contribution >= 0.6 is 12.4 Å². The van der Waals surface area contributed by atoms with E-state index in [1.165, 1.54) is 16.4 Å². The molecule has 1 aliphatic heterocycles. The van der Waals surface area contributed by atoms with Gasteiger partial charge < -0.3 is 5.32 Å². The molecule has 7 nitrogen and oxygen atoms in total. The molecule has 1 N–H and O–H groups in total. The topological polar surface area (TPSA) is 92.6 Å². The average Bonchev–Trinajstić information content (AvgIpc) is 2.88. The fourth-order valence-corrected chi connectivity index (χ4v) is 4.61. The second-order valence-electron chi connectivity index (χ2n) is 5.18. The van der Waals surface area contributed by atoms with E-state index in [1.807, 2.05) is 0 Å². The molecule has 1 heterocycles. The van der Waals surface area contributed by atoms with Crippen LogP contribution in [0.4, 0.5) is 5.69 Å². The van der Waals surface area contributed by atoms with Crippen LogP contribution < -0.4 is 5.32 Å². The summed E-state index contributed by atoms with van der Waals surface area (Å²) in [5.41, 5.74) is 0.319. The van der Waals surface area contributed by atoms with Gasteiger partial charge in [-0.3, -0.25) is 10.1 Å². The number of hydrogen-bond acceptors (Lipinski definition) is 5. The number of nitrogens with zero attached hydrogens (tertiary/aromatic N) is 2. The molecule has 0 aliphatic carbocycles. The zero-order valence-corrected chi connectivity index (χ0v) is 14.1. The fourth-order valence-electron chi connectivity index (χ4n) is 2.67. The monoisotopic (exact) mass is 349 g/mol. The van der Waals surface area contributed by atoms with Crippen molar-refractivity contribution in [1.82, 2.24) is 9.62 Å². The van der Waals surface area contributed by atoms with Crippen molar-refractivity contribution in [1.29, 1.82) is 0 Å². The van der Waals surface area contributed by atoms with E-state index < -0.39 is 14.9 Å². The molecule has 1 fully saturated rings. The number of nitro groups is 1. The van der Waals surface area contributed by atoms with Gasteiger partial charge in [-0.2, -0.15) is 4.31 Å². The molecule has 0 spiro atoms. The first-order valence-corrected chi connectivity index (χ1v) is 8.23. The SMILES string of the molecule is CNCC1CCCN1S(=O)(=O)c1cc([N+](=O)[O-])ccc1C.Cl. The van der Waals surface area contributed by atoms with Gasteiger partial charge in [0.25, 0.3) is 5.69 Å². The highest BCUT2D eigenvalue weighted by Crippen LogP contribution is 2.29. The minimum absolute atomic E-state index is 0. The number of benzene rings is 1. The van der Waals surface area contributed by atoms with Gasteiger partial charge >= 0.3 is 0 Å². The standard InChI is InChI=1S/C13H19N3O4S.ClH/c1-10-5-6-11(16(17)18)8-13(10)21(19,20)15-7-3-4-12(15)9-14-2;/h5-6,8,12,14H,3-4,7,9H2,1-2H3;1H. The van der Waals surface area contributed by atoms with E-state index in [0.717, 1.165) is 18.9 Å². The fraction of sp³-hybridized carbons (Fsp3) is 0.538. The third-order valence-electron chi connectivity index (χ3n) is 3.73. The number of hydrogen-bond donors (Lipinski definition) is 1. The van der Waals surface area contributed by atoms with Crippen LogP contribution in [0.2, 0.25) is 0 Å².